The number of hydroxylamine groups is 1. The van der Waals surface area contributed by atoms with Crippen LogP contribution >= 0.6 is 0 Å². The third kappa shape index (κ3) is 6.09. The van der Waals surface area contributed by atoms with E-state index < -0.39 is 24.0 Å². The highest BCUT2D eigenvalue weighted by Crippen LogP contribution is 2.10. The first-order chi connectivity index (χ1) is 11.5. The molecule has 1 aromatic carbocycles. The summed E-state index contributed by atoms with van der Waals surface area (Å²) in [5, 5.41) is 20.6. The maximum Gasteiger partial charge on any atom is 0.268 e. The first kappa shape index (κ1) is 21.0. The van der Waals surface area contributed by atoms with Crippen molar-refractivity contribution in [3.05, 3.63) is 35.4 Å². The van der Waals surface area contributed by atoms with Gasteiger partial charge in [-0.25, -0.2) is 5.48 Å². The minimum absolute atomic E-state index is 0. The molecular weight excluding hydrogens is 326 g/mol. The lowest BCUT2D eigenvalue weighted by Gasteiger charge is -2.26. The van der Waals surface area contributed by atoms with Crippen LogP contribution in [0.4, 0.5) is 0 Å². The predicted octanol–water partition coefficient (Wildman–Crippen LogP) is 0.140. The number of nitrogens with one attached hydrogen (secondary N) is 2. The highest BCUT2D eigenvalue weighted by atomic mass is 16.5. The lowest BCUT2D eigenvalue weighted by molar-refractivity contribution is -0.133. The molecule has 0 spiro atoms. The van der Waals surface area contributed by atoms with Gasteiger partial charge in [-0.15, -0.1) is 0 Å². The topological polar surface area (TPSA) is 111 Å². The molecule has 1 aliphatic rings. The van der Waals surface area contributed by atoms with E-state index in [1.807, 2.05) is 12.1 Å². The number of rotatable bonds is 6. The van der Waals surface area contributed by atoms with Crippen LogP contribution in [0.1, 0.15) is 30.3 Å². The van der Waals surface area contributed by atoms with Gasteiger partial charge in [0, 0.05) is 25.2 Å². The number of nitrogens with zero attached hydrogens (tertiary/aromatic N) is 1. The normalized spacial score (nSPS) is 17.1. The Balaban J connectivity index is 0.00000312. The summed E-state index contributed by atoms with van der Waals surface area (Å²) in [4.78, 5) is 25.9. The van der Waals surface area contributed by atoms with Crippen molar-refractivity contribution in [2.45, 2.75) is 33.0 Å². The van der Waals surface area contributed by atoms with Crippen LogP contribution in [-0.2, 0) is 16.1 Å². The molecule has 2 amide bonds. The fourth-order valence-electron chi connectivity index (χ4n) is 2.48. The largest absolute Gasteiger partial charge is 0.391 e. The first-order valence-electron chi connectivity index (χ1n) is 7.83. The number of hydrogen-bond acceptors (Lipinski definition) is 6. The zero-order valence-corrected chi connectivity index (χ0v) is 13.6. The van der Waals surface area contributed by atoms with Crippen LogP contribution in [0.2, 0.25) is 0 Å². The number of carbonyl (C=O) groups excluding carboxylic acids is 2. The molecule has 1 aromatic rings. The number of hydrogen-bond donors (Lipinski definition) is 4. The van der Waals surface area contributed by atoms with Gasteiger partial charge in [-0.3, -0.25) is 19.7 Å². The molecule has 0 aromatic heterocycles. The second-order valence-corrected chi connectivity index (χ2v) is 5.75. The summed E-state index contributed by atoms with van der Waals surface area (Å²) in [7, 11) is 0. The molecule has 1 heterocycles. The van der Waals surface area contributed by atoms with E-state index in [2.05, 4.69) is 10.2 Å². The first-order valence-corrected chi connectivity index (χ1v) is 7.83. The Morgan fingerprint density at radius 2 is 1.84 bits per heavy atom. The van der Waals surface area contributed by atoms with Gasteiger partial charge in [0.2, 0.25) is 0 Å². The second-order valence-electron chi connectivity index (χ2n) is 5.75. The second kappa shape index (κ2) is 10.1. The van der Waals surface area contributed by atoms with Crippen molar-refractivity contribution in [3.63, 3.8) is 0 Å². The number of amides is 2. The number of morpholine rings is 1. The highest BCUT2D eigenvalue weighted by Gasteiger charge is 2.25. The number of aliphatic hydroxyl groups excluding tert-OH is 1. The Morgan fingerprint density at radius 3 is 2.36 bits per heavy atom. The summed E-state index contributed by atoms with van der Waals surface area (Å²) in [6.07, 6.45) is -1.14. The molecule has 0 radical (unpaired) electrons. The minimum Gasteiger partial charge on any atom is -0.391 e. The van der Waals surface area contributed by atoms with E-state index in [1.54, 1.807) is 12.1 Å². The highest BCUT2D eigenvalue weighted by molar-refractivity contribution is 5.97. The van der Waals surface area contributed by atoms with Crippen molar-refractivity contribution in [2.75, 3.05) is 26.3 Å². The molecule has 1 fully saturated rings. The number of aliphatic hydroxyl groups is 1. The van der Waals surface area contributed by atoms with Crippen molar-refractivity contribution < 1.29 is 24.6 Å². The molecule has 0 bridgehead atoms. The van der Waals surface area contributed by atoms with Crippen LogP contribution in [0.3, 0.4) is 0 Å². The zero-order chi connectivity index (χ0) is 17.5. The molecular formula is C17H27N3O5. The average Bonchev–Trinajstić information content (AvgIpc) is 2.60. The fraction of sp³-hybridized carbons (Fsp3) is 0.529. The average molecular weight is 353 g/mol. The third-order valence-corrected chi connectivity index (χ3v) is 3.89. The molecule has 25 heavy (non-hydrogen) atoms. The van der Waals surface area contributed by atoms with Crippen LogP contribution in [0.5, 0.6) is 0 Å². The van der Waals surface area contributed by atoms with Gasteiger partial charge in [-0.05, 0) is 24.6 Å². The molecule has 4 N–H and O–H groups in total. The molecule has 8 nitrogen and oxygen atoms in total. The zero-order valence-electron chi connectivity index (χ0n) is 13.6. The van der Waals surface area contributed by atoms with Gasteiger partial charge in [0.1, 0.15) is 6.04 Å². The van der Waals surface area contributed by atoms with Crippen LogP contribution in [0.25, 0.3) is 0 Å². The summed E-state index contributed by atoms with van der Waals surface area (Å²) in [5.74, 6) is -1.37. The summed E-state index contributed by atoms with van der Waals surface area (Å²) >= 11 is 0. The summed E-state index contributed by atoms with van der Waals surface area (Å²) in [6, 6.07) is 5.82. The lowest BCUT2D eigenvalue weighted by Crippen LogP contribution is -2.51. The van der Waals surface area contributed by atoms with E-state index in [-0.39, 0.29) is 7.43 Å². The van der Waals surface area contributed by atoms with E-state index in [0.717, 1.165) is 38.4 Å². The number of benzene rings is 1. The van der Waals surface area contributed by atoms with Crippen LogP contribution in [0, 0.1) is 0 Å². The van der Waals surface area contributed by atoms with Crippen LogP contribution in [-0.4, -0.2) is 65.5 Å². The predicted molar refractivity (Wildman–Crippen MR) is 92.1 cm³/mol. The summed E-state index contributed by atoms with van der Waals surface area (Å²) in [6.45, 7) is 5.37. The molecule has 2 atom stereocenters. The fourth-order valence-corrected chi connectivity index (χ4v) is 2.48. The molecule has 1 saturated heterocycles. The van der Waals surface area contributed by atoms with Crippen molar-refractivity contribution in [1.82, 2.24) is 15.7 Å². The van der Waals surface area contributed by atoms with Gasteiger partial charge in [0.15, 0.2) is 0 Å². The van der Waals surface area contributed by atoms with Crippen molar-refractivity contribution in [2.24, 2.45) is 0 Å². The third-order valence-electron chi connectivity index (χ3n) is 3.89. The van der Waals surface area contributed by atoms with Gasteiger partial charge < -0.3 is 15.2 Å². The lowest BCUT2D eigenvalue weighted by atomic mass is 10.1. The molecule has 0 aliphatic carbocycles. The Morgan fingerprint density at radius 1 is 1.24 bits per heavy atom. The molecule has 2 rings (SSSR count). The van der Waals surface area contributed by atoms with Crippen LogP contribution in [0.15, 0.2) is 24.3 Å². The summed E-state index contributed by atoms with van der Waals surface area (Å²) in [5.41, 5.74) is 2.88. The van der Waals surface area contributed by atoms with E-state index >= 15 is 0 Å². The van der Waals surface area contributed by atoms with E-state index in [4.69, 9.17) is 9.94 Å². The molecule has 0 unspecified atom stereocenters. The minimum atomic E-state index is -1.23. The van der Waals surface area contributed by atoms with Gasteiger partial charge in [0.25, 0.3) is 11.8 Å². The molecule has 1 aliphatic heterocycles. The van der Waals surface area contributed by atoms with Crippen LogP contribution < -0.4 is 10.8 Å². The quantitative estimate of drug-likeness (QED) is 0.428. The Hall–Kier alpha value is -2.00. The Labute approximate surface area is 147 Å². The Kier molecular flexibility index (Phi) is 8.50. The van der Waals surface area contributed by atoms with Crippen molar-refractivity contribution in [1.29, 1.82) is 0 Å². The van der Waals surface area contributed by atoms with Gasteiger partial charge >= 0.3 is 0 Å². The maximum absolute atomic E-state index is 12.2. The summed E-state index contributed by atoms with van der Waals surface area (Å²) < 4.78 is 5.31. The van der Waals surface area contributed by atoms with Gasteiger partial charge in [-0.2, -0.15) is 0 Å². The molecule has 8 heteroatoms. The SMILES string of the molecule is C.C[C@@H](O)[C@H](NC(=O)c1ccc(CN2CCOCC2)cc1)C(=O)NO. The molecule has 0 saturated carbocycles. The van der Waals surface area contributed by atoms with E-state index in [9.17, 15) is 14.7 Å². The Bertz CT molecular complexity index is 556. The van der Waals surface area contributed by atoms with Crippen molar-refractivity contribution in [3.8, 4) is 0 Å². The van der Waals surface area contributed by atoms with Gasteiger partial charge in [-0.1, -0.05) is 19.6 Å². The number of carbonyl (C=O) groups is 2. The van der Waals surface area contributed by atoms with E-state index in [1.165, 1.54) is 12.4 Å². The van der Waals surface area contributed by atoms with E-state index in [0.29, 0.717) is 5.56 Å². The standard InChI is InChI=1S/C16H23N3O5.CH4/c1-11(20)14(16(22)18-23)17-15(21)13-4-2-12(3-5-13)10-19-6-8-24-9-7-19;/h2-5,11,14,20,23H,6-10H2,1H3,(H,17,21)(H,18,22);1H4/t11-,14+;/m1./s1. The number of ether oxygens (including phenoxy) is 1. The van der Waals surface area contributed by atoms with Gasteiger partial charge in [0.05, 0.1) is 19.3 Å². The molecule has 140 valence electrons. The smallest absolute Gasteiger partial charge is 0.268 e. The van der Waals surface area contributed by atoms with Crippen molar-refractivity contribution >= 4 is 11.8 Å². The monoisotopic (exact) mass is 353 g/mol. The maximum atomic E-state index is 12.2.